The molecule has 40 heavy (non-hydrogen) atoms. The predicted molar refractivity (Wildman–Crippen MR) is 145 cm³/mol. The molecule has 0 spiro atoms. The Hall–Kier alpha value is -3.54. The van der Waals surface area contributed by atoms with Gasteiger partial charge in [0, 0.05) is 5.92 Å². The first-order valence-corrected chi connectivity index (χ1v) is 13.5. The molecule has 2 unspecified atom stereocenters. The third-order valence-corrected chi connectivity index (χ3v) is 6.14. The maximum absolute atomic E-state index is 12.3. The van der Waals surface area contributed by atoms with Crippen LogP contribution in [0.4, 0.5) is 14.4 Å². The van der Waals surface area contributed by atoms with Gasteiger partial charge < -0.3 is 39.3 Å². The molecule has 0 aliphatic carbocycles. The second kappa shape index (κ2) is 17.2. The fourth-order valence-corrected chi connectivity index (χ4v) is 3.41. The number of benzene rings is 1. The Balaban J connectivity index is 3.27. The average molecular weight is 570 g/mol. The number of carbonyl (C=O) groups excluding carboxylic acids is 3. The van der Waals surface area contributed by atoms with Gasteiger partial charge in [-0.1, -0.05) is 46.6 Å². The molecular formula is C28H43NO11. The topological polar surface area (TPSA) is 170 Å². The van der Waals surface area contributed by atoms with E-state index in [1.807, 2.05) is 20.8 Å². The van der Waals surface area contributed by atoms with Gasteiger partial charge in [-0.2, -0.15) is 0 Å². The highest BCUT2D eigenvalue weighted by molar-refractivity contribution is 5.75. The van der Waals surface area contributed by atoms with Crippen LogP contribution in [0.15, 0.2) is 18.2 Å². The highest BCUT2D eigenvalue weighted by Gasteiger charge is 2.33. The first kappa shape index (κ1) is 34.5. The summed E-state index contributed by atoms with van der Waals surface area (Å²) < 4.78 is 31.1. The third-order valence-electron chi connectivity index (χ3n) is 6.14. The van der Waals surface area contributed by atoms with Crippen LogP contribution in [0.3, 0.4) is 0 Å². The number of carboxylic acid groups (broad SMARTS) is 1. The molecule has 0 aliphatic rings. The Morgan fingerprint density at radius 3 is 1.93 bits per heavy atom. The highest BCUT2D eigenvalue weighted by atomic mass is 16.7. The normalized spacial score (nSPS) is 13.4. The molecule has 0 saturated carbocycles. The number of hydrogen-bond acceptors (Lipinski definition) is 11. The zero-order valence-electron chi connectivity index (χ0n) is 24.2. The van der Waals surface area contributed by atoms with Crippen molar-refractivity contribution >= 4 is 24.4 Å². The maximum atomic E-state index is 12.3. The van der Waals surface area contributed by atoms with Crippen molar-refractivity contribution < 1.29 is 52.7 Å². The fraction of sp³-hybridized carbons (Fsp3) is 0.643. The van der Waals surface area contributed by atoms with E-state index in [2.05, 4.69) is 0 Å². The molecular weight excluding hydrogens is 526 g/mol. The van der Waals surface area contributed by atoms with Crippen LogP contribution in [0, 0.1) is 5.92 Å². The van der Waals surface area contributed by atoms with Crippen molar-refractivity contribution in [1.29, 1.82) is 0 Å². The Morgan fingerprint density at radius 2 is 1.43 bits per heavy atom. The molecule has 3 N–H and O–H groups in total. The van der Waals surface area contributed by atoms with Gasteiger partial charge in [0.1, 0.15) is 11.6 Å². The number of aliphatic carboxylic acids is 1. The van der Waals surface area contributed by atoms with Gasteiger partial charge in [-0.25, -0.2) is 14.4 Å². The number of hydrogen-bond donors (Lipinski definition) is 2. The van der Waals surface area contributed by atoms with Crippen LogP contribution in [0.1, 0.15) is 85.1 Å². The molecule has 12 nitrogen and oxygen atoms in total. The highest BCUT2D eigenvalue weighted by Crippen LogP contribution is 2.36. The van der Waals surface area contributed by atoms with Crippen LogP contribution >= 0.6 is 0 Å². The molecule has 1 aromatic carbocycles. The van der Waals surface area contributed by atoms with E-state index >= 15 is 0 Å². The van der Waals surface area contributed by atoms with Gasteiger partial charge in [0.2, 0.25) is 0 Å². The minimum atomic E-state index is -1.42. The molecule has 0 aliphatic heterocycles. The Labute approximate surface area is 235 Å². The summed E-state index contributed by atoms with van der Waals surface area (Å²) in [6.45, 7) is 10.9. The number of ether oxygens (including phenoxy) is 6. The summed E-state index contributed by atoms with van der Waals surface area (Å²) in [7, 11) is 0. The minimum absolute atomic E-state index is 0.121. The monoisotopic (exact) mass is 569 g/mol. The van der Waals surface area contributed by atoms with Crippen molar-refractivity contribution in [1.82, 2.24) is 0 Å². The summed E-state index contributed by atoms with van der Waals surface area (Å²) in [5, 5.41) is 9.69. The maximum Gasteiger partial charge on any atom is 0.513 e. The van der Waals surface area contributed by atoms with Crippen molar-refractivity contribution in [2.45, 2.75) is 91.2 Å². The Morgan fingerprint density at radius 1 is 0.875 bits per heavy atom. The van der Waals surface area contributed by atoms with E-state index in [9.17, 15) is 24.3 Å². The first-order chi connectivity index (χ1) is 18.8. The van der Waals surface area contributed by atoms with E-state index in [1.54, 1.807) is 20.8 Å². The van der Waals surface area contributed by atoms with Gasteiger partial charge in [-0.15, -0.1) is 0 Å². The fourth-order valence-electron chi connectivity index (χ4n) is 3.41. The van der Waals surface area contributed by atoms with E-state index in [1.165, 1.54) is 18.2 Å². The van der Waals surface area contributed by atoms with Crippen LogP contribution in [0.2, 0.25) is 0 Å². The summed E-state index contributed by atoms with van der Waals surface area (Å²) in [5.41, 5.74) is 5.63. The molecule has 0 amide bonds. The molecule has 0 radical (unpaired) electrons. The summed E-state index contributed by atoms with van der Waals surface area (Å²) in [5.74, 6) is -3.17. The lowest BCUT2D eigenvalue weighted by molar-refractivity contribution is -0.139. The standard InChI is InChI=1S/C28H43NO11/c1-7-10-14-35-25(32)38-20-13-12-19(16-21(20)39-26(33)36-15-11-8-2)22(23(29)24(30)31)18(4)17-37-27(34)40-28(5,6)9-3/h12-13,16,18,22-23H,7-11,14-15,17,29H2,1-6H3,(H,30,31)/t18?,22?,23-/m0/s1. The molecule has 0 aromatic heterocycles. The Bertz CT molecular complexity index is 979. The number of unbranched alkanes of at least 4 members (excludes halogenated alkanes) is 2. The van der Waals surface area contributed by atoms with E-state index in [-0.39, 0.29) is 31.3 Å². The van der Waals surface area contributed by atoms with E-state index in [4.69, 9.17) is 34.2 Å². The average Bonchev–Trinajstić information content (AvgIpc) is 2.89. The predicted octanol–water partition coefficient (Wildman–Crippen LogP) is 5.79. The van der Waals surface area contributed by atoms with Crippen LogP contribution in [0.25, 0.3) is 0 Å². The van der Waals surface area contributed by atoms with Crippen LogP contribution in [-0.2, 0) is 23.7 Å². The number of nitrogens with two attached hydrogens (primary N) is 1. The van der Waals surface area contributed by atoms with Gasteiger partial charge >= 0.3 is 24.4 Å². The zero-order chi connectivity index (χ0) is 30.3. The lowest BCUT2D eigenvalue weighted by atomic mass is 9.82. The smallest absolute Gasteiger partial charge is 0.480 e. The number of carbonyl (C=O) groups is 4. The SMILES string of the molecule is CCCCOC(=O)Oc1ccc(C(C(C)COC(=O)OC(C)(C)CC)[C@H](N)C(=O)O)cc1OC(=O)OCCCC. The van der Waals surface area contributed by atoms with E-state index in [0.717, 1.165) is 12.8 Å². The zero-order valence-corrected chi connectivity index (χ0v) is 24.2. The molecule has 0 fully saturated rings. The summed E-state index contributed by atoms with van der Waals surface area (Å²) in [6, 6.07) is 2.72. The quantitative estimate of drug-likeness (QED) is 0.106. The third kappa shape index (κ3) is 12.1. The second-order valence-corrected chi connectivity index (χ2v) is 9.96. The van der Waals surface area contributed by atoms with Gasteiger partial charge in [-0.05, 0) is 56.7 Å². The largest absolute Gasteiger partial charge is 0.513 e. The van der Waals surface area contributed by atoms with Crippen molar-refractivity contribution in [2.75, 3.05) is 19.8 Å². The molecule has 0 saturated heterocycles. The van der Waals surface area contributed by atoms with Crippen LogP contribution in [-0.4, -0.2) is 61.0 Å². The van der Waals surface area contributed by atoms with Gasteiger partial charge in [0.15, 0.2) is 11.5 Å². The van der Waals surface area contributed by atoms with E-state index in [0.29, 0.717) is 24.8 Å². The molecule has 12 heteroatoms. The van der Waals surface area contributed by atoms with E-state index < -0.39 is 47.9 Å². The van der Waals surface area contributed by atoms with Gasteiger partial charge in [-0.3, -0.25) is 4.79 Å². The second-order valence-electron chi connectivity index (χ2n) is 9.96. The van der Waals surface area contributed by atoms with Gasteiger partial charge in [0.25, 0.3) is 0 Å². The summed E-state index contributed by atoms with van der Waals surface area (Å²) in [4.78, 5) is 48.5. The molecule has 1 aromatic rings. The molecule has 0 heterocycles. The summed E-state index contributed by atoms with van der Waals surface area (Å²) in [6.07, 6.45) is 0.484. The molecule has 3 atom stereocenters. The number of rotatable bonds is 16. The minimum Gasteiger partial charge on any atom is -0.480 e. The van der Waals surface area contributed by atoms with Crippen molar-refractivity contribution in [2.24, 2.45) is 11.7 Å². The Kier molecular flexibility index (Phi) is 14.8. The lowest BCUT2D eigenvalue weighted by Crippen LogP contribution is -2.41. The van der Waals surface area contributed by atoms with Gasteiger partial charge in [0.05, 0.1) is 19.8 Å². The van der Waals surface area contributed by atoms with Crippen molar-refractivity contribution in [3.8, 4) is 11.5 Å². The summed E-state index contributed by atoms with van der Waals surface area (Å²) >= 11 is 0. The van der Waals surface area contributed by atoms with Crippen molar-refractivity contribution in [3.05, 3.63) is 23.8 Å². The van der Waals surface area contributed by atoms with Crippen molar-refractivity contribution in [3.63, 3.8) is 0 Å². The van der Waals surface area contributed by atoms with Crippen LogP contribution < -0.4 is 15.2 Å². The molecule has 226 valence electrons. The number of carboxylic acids is 1. The first-order valence-electron chi connectivity index (χ1n) is 13.5. The van der Waals surface area contributed by atoms with Crippen LogP contribution in [0.5, 0.6) is 11.5 Å². The molecule has 1 rings (SSSR count). The molecule has 0 bridgehead atoms. The lowest BCUT2D eigenvalue weighted by Gasteiger charge is -2.28.